The lowest BCUT2D eigenvalue weighted by Crippen LogP contribution is -1.75. The lowest BCUT2D eigenvalue weighted by molar-refractivity contribution is 0.155. The fourth-order valence-corrected chi connectivity index (χ4v) is 3.38. The highest BCUT2D eigenvalue weighted by molar-refractivity contribution is 14.1. The summed E-state index contributed by atoms with van der Waals surface area (Å²) >= 11 is 6.17. The first-order valence-corrected chi connectivity index (χ1v) is 5.03. The maximum absolute atomic E-state index is 12.0. The second-order valence-electron chi connectivity index (χ2n) is 1.56. The van der Waals surface area contributed by atoms with Gasteiger partial charge in [0.25, 0.3) is 6.43 Å². The fourth-order valence-electron chi connectivity index (χ4n) is 0.503. The molecule has 5 heteroatoms. The van der Waals surface area contributed by atoms with Crippen LogP contribution in [0.5, 0.6) is 0 Å². The van der Waals surface area contributed by atoms with E-state index in [4.69, 9.17) is 0 Å². The van der Waals surface area contributed by atoms with Crippen molar-refractivity contribution in [1.82, 2.24) is 0 Å². The van der Waals surface area contributed by atoms with Crippen molar-refractivity contribution in [2.75, 3.05) is 0 Å². The van der Waals surface area contributed by atoms with Gasteiger partial charge in [0.1, 0.15) is 0 Å². The molecule has 0 fully saturated rings. The van der Waals surface area contributed by atoms with Crippen molar-refractivity contribution in [2.24, 2.45) is 0 Å². The number of alkyl halides is 2. The molecule has 10 heavy (non-hydrogen) atoms. The molecular weight excluding hydrogens is 337 g/mol. The van der Waals surface area contributed by atoms with E-state index in [0.717, 1.165) is 14.2 Å². The molecule has 1 aromatic heterocycles. The maximum atomic E-state index is 12.0. The summed E-state index contributed by atoms with van der Waals surface area (Å²) in [5, 5.41) is 0. The summed E-state index contributed by atoms with van der Waals surface area (Å²) in [5.41, 5.74) is 0. The van der Waals surface area contributed by atoms with Gasteiger partial charge in [-0.25, -0.2) is 8.78 Å². The van der Waals surface area contributed by atoms with E-state index < -0.39 is 6.43 Å². The van der Waals surface area contributed by atoms with Crippen molar-refractivity contribution in [3.8, 4) is 0 Å². The molecule has 0 nitrogen and oxygen atoms in total. The van der Waals surface area contributed by atoms with Gasteiger partial charge < -0.3 is 0 Å². The van der Waals surface area contributed by atoms with Crippen molar-refractivity contribution < 1.29 is 8.78 Å². The van der Waals surface area contributed by atoms with E-state index in [2.05, 4.69) is 15.9 Å². The van der Waals surface area contributed by atoms with Crippen LogP contribution in [0, 0.1) is 2.88 Å². The molecule has 56 valence electrons. The molecule has 0 aliphatic carbocycles. The Morgan fingerprint density at radius 1 is 1.60 bits per heavy atom. The zero-order valence-electron chi connectivity index (χ0n) is 4.57. The molecule has 1 aromatic rings. The zero-order chi connectivity index (χ0) is 7.72. The lowest BCUT2D eigenvalue weighted by Gasteiger charge is -1.91. The lowest BCUT2D eigenvalue weighted by atomic mass is 10.5. The predicted octanol–water partition coefficient (Wildman–Crippen LogP) is 4.05. The molecule has 0 radical (unpaired) electrons. The number of hydrogen-bond acceptors (Lipinski definition) is 1. The summed E-state index contributed by atoms with van der Waals surface area (Å²) in [5.74, 6) is 0. The molecule has 0 amide bonds. The first-order chi connectivity index (χ1) is 4.61. The van der Waals surface area contributed by atoms with Gasteiger partial charge >= 0.3 is 0 Å². The van der Waals surface area contributed by atoms with E-state index in [9.17, 15) is 8.78 Å². The molecule has 0 unspecified atom stereocenters. The van der Waals surface area contributed by atoms with E-state index in [1.54, 1.807) is 6.07 Å². The van der Waals surface area contributed by atoms with E-state index >= 15 is 0 Å². The van der Waals surface area contributed by atoms with Crippen LogP contribution in [0.25, 0.3) is 0 Å². The van der Waals surface area contributed by atoms with Gasteiger partial charge in [-0.05, 0) is 44.6 Å². The van der Waals surface area contributed by atoms with E-state index in [1.165, 1.54) is 0 Å². The van der Waals surface area contributed by atoms with E-state index in [-0.39, 0.29) is 4.88 Å². The topological polar surface area (TPSA) is 0 Å². The summed E-state index contributed by atoms with van der Waals surface area (Å²) in [6, 6.07) is 1.69. The number of thiophene rings is 1. The molecule has 0 atom stereocenters. The van der Waals surface area contributed by atoms with Crippen molar-refractivity contribution in [1.29, 1.82) is 0 Å². The van der Waals surface area contributed by atoms with Crippen molar-refractivity contribution in [2.45, 2.75) is 6.43 Å². The summed E-state index contributed by atoms with van der Waals surface area (Å²) in [7, 11) is 0. The van der Waals surface area contributed by atoms with Gasteiger partial charge in [0.15, 0.2) is 0 Å². The molecule has 0 aromatic carbocycles. The third-order valence-electron chi connectivity index (χ3n) is 0.881. The van der Waals surface area contributed by atoms with Gasteiger partial charge in [0, 0.05) is 4.47 Å². The van der Waals surface area contributed by atoms with E-state index in [0.29, 0.717) is 4.47 Å². The minimum absolute atomic E-state index is 0.115. The van der Waals surface area contributed by atoms with Crippen LogP contribution in [0.2, 0.25) is 0 Å². The summed E-state index contributed by atoms with van der Waals surface area (Å²) in [6.07, 6.45) is -2.36. The Hall–Kier alpha value is 0.770. The minimum Gasteiger partial charge on any atom is -0.204 e. The molecule has 1 heterocycles. The Kier molecular flexibility index (Phi) is 3.05. The number of hydrogen-bond donors (Lipinski definition) is 0. The minimum atomic E-state index is -2.36. The normalized spacial score (nSPS) is 10.9. The molecule has 0 bridgehead atoms. The first kappa shape index (κ1) is 8.86. The maximum Gasteiger partial charge on any atom is 0.273 e. The van der Waals surface area contributed by atoms with Gasteiger partial charge in [-0.15, -0.1) is 11.3 Å². The molecule has 0 aliphatic rings. The summed E-state index contributed by atoms with van der Waals surface area (Å²) in [4.78, 5) is 0.115. The number of halogens is 4. The molecule has 0 aliphatic heterocycles. The van der Waals surface area contributed by atoms with Crippen LogP contribution >= 0.6 is 49.9 Å². The highest BCUT2D eigenvalue weighted by Gasteiger charge is 2.14. The van der Waals surface area contributed by atoms with Crippen LogP contribution < -0.4 is 0 Å². The van der Waals surface area contributed by atoms with Crippen LogP contribution in [0.1, 0.15) is 11.3 Å². The van der Waals surface area contributed by atoms with Crippen molar-refractivity contribution >= 4 is 49.9 Å². The van der Waals surface area contributed by atoms with Gasteiger partial charge in [-0.1, -0.05) is 0 Å². The van der Waals surface area contributed by atoms with Crippen molar-refractivity contribution in [3.05, 3.63) is 18.3 Å². The van der Waals surface area contributed by atoms with Gasteiger partial charge in [0.05, 0.1) is 7.76 Å². The van der Waals surface area contributed by atoms with Crippen LogP contribution in [0.4, 0.5) is 8.78 Å². The van der Waals surface area contributed by atoms with Crippen LogP contribution in [-0.4, -0.2) is 0 Å². The van der Waals surface area contributed by atoms with Crippen LogP contribution in [0.15, 0.2) is 10.5 Å². The average molecular weight is 339 g/mol. The SMILES string of the molecule is FC(F)c1sc(I)cc1Br. The Bertz CT molecular complexity index is 236. The molecule has 0 spiro atoms. The van der Waals surface area contributed by atoms with Crippen LogP contribution in [-0.2, 0) is 0 Å². The van der Waals surface area contributed by atoms with Gasteiger partial charge in [0.2, 0.25) is 0 Å². The molecule has 0 saturated carbocycles. The smallest absolute Gasteiger partial charge is 0.204 e. The largest absolute Gasteiger partial charge is 0.273 e. The Morgan fingerprint density at radius 3 is 2.40 bits per heavy atom. The first-order valence-electron chi connectivity index (χ1n) is 2.34. The Labute approximate surface area is 82.9 Å². The quantitative estimate of drug-likeness (QED) is 0.678. The molecular formula is C5H2BrF2IS. The third kappa shape index (κ3) is 1.88. The van der Waals surface area contributed by atoms with Gasteiger partial charge in [-0.3, -0.25) is 0 Å². The monoisotopic (exact) mass is 338 g/mol. The average Bonchev–Trinajstić information content (AvgIpc) is 2.10. The second kappa shape index (κ2) is 3.44. The Balaban J connectivity index is 3.03. The number of rotatable bonds is 1. The Morgan fingerprint density at radius 2 is 2.20 bits per heavy atom. The predicted molar refractivity (Wildman–Crippen MR) is 49.7 cm³/mol. The molecule has 0 saturated heterocycles. The summed E-state index contributed by atoms with van der Waals surface area (Å²) in [6.45, 7) is 0. The second-order valence-corrected chi connectivity index (χ2v) is 5.40. The highest BCUT2D eigenvalue weighted by Crippen LogP contribution is 2.35. The van der Waals surface area contributed by atoms with Gasteiger partial charge in [-0.2, -0.15) is 0 Å². The molecule has 0 N–H and O–H groups in total. The standard InChI is InChI=1S/C5H2BrF2IS/c6-2-1-3(9)10-4(2)5(7)8/h1,5H. The summed E-state index contributed by atoms with van der Waals surface area (Å²) < 4.78 is 25.4. The zero-order valence-corrected chi connectivity index (χ0v) is 9.13. The van der Waals surface area contributed by atoms with Crippen LogP contribution in [0.3, 0.4) is 0 Å². The third-order valence-corrected chi connectivity index (χ3v) is 3.70. The van der Waals surface area contributed by atoms with Crippen molar-refractivity contribution in [3.63, 3.8) is 0 Å². The molecule has 1 rings (SSSR count). The van der Waals surface area contributed by atoms with E-state index in [1.807, 2.05) is 22.6 Å². The fraction of sp³-hybridized carbons (Fsp3) is 0.200. The highest BCUT2D eigenvalue weighted by atomic mass is 127.